The van der Waals surface area contributed by atoms with Gasteiger partial charge in [0, 0.05) is 26.4 Å². The fraction of sp³-hybridized carbons (Fsp3) is 0.333. The molecule has 0 atom stereocenters. The Balaban J connectivity index is 3.28. The van der Waals surface area contributed by atoms with Crippen molar-refractivity contribution in [3.63, 3.8) is 0 Å². The number of carbonyl (C=O) groups excluding carboxylic acids is 2. The first-order valence-electron chi connectivity index (χ1n) is 6.67. The minimum absolute atomic E-state index is 0.0724. The van der Waals surface area contributed by atoms with E-state index in [1.54, 1.807) is 6.92 Å². The lowest BCUT2D eigenvalue weighted by molar-refractivity contribution is -0.384. The van der Waals surface area contributed by atoms with Crippen LogP contribution in [0.2, 0.25) is 0 Å². The maximum absolute atomic E-state index is 12.3. The quantitative estimate of drug-likeness (QED) is 0.136. The highest BCUT2D eigenvalue weighted by atomic mass is 16.7. The summed E-state index contributed by atoms with van der Waals surface area (Å²) in [4.78, 5) is 34.5. The van der Waals surface area contributed by atoms with Gasteiger partial charge in [-0.1, -0.05) is 12.1 Å². The average Bonchev–Trinajstić information content (AvgIpc) is 2.54. The fourth-order valence-corrected chi connectivity index (χ4v) is 1.77. The summed E-state index contributed by atoms with van der Waals surface area (Å²) in [5.41, 5.74) is -0.174. The normalized spacial score (nSPS) is 11.4. The zero-order chi connectivity index (χ0) is 17.4. The molecule has 0 aliphatic rings. The number of hydrogen-bond acceptors (Lipinski definition) is 7. The molecule has 0 aromatic heterocycles. The molecule has 0 bridgehead atoms. The van der Waals surface area contributed by atoms with Gasteiger partial charge in [0.1, 0.15) is 5.57 Å². The topological polar surface area (TPSA) is 105 Å². The number of methoxy groups -OCH3 is 2. The number of benzene rings is 1. The van der Waals surface area contributed by atoms with Gasteiger partial charge in [0.05, 0.1) is 11.5 Å². The Kier molecular flexibility index (Phi) is 7.04. The summed E-state index contributed by atoms with van der Waals surface area (Å²) in [5, 5.41) is 10.8. The van der Waals surface area contributed by atoms with E-state index in [2.05, 4.69) is 0 Å². The van der Waals surface area contributed by atoms with Crippen LogP contribution in [-0.2, 0) is 23.8 Å². The lowest BCUT2D eigenvalue weighted by Crippen LogP contribution is -2.30. The molecule has 124 valence electrons. The smallest absolute Gasteiger partial charge is 0.341 e. The van der Waals surface area contributed by atoms with Gasteiger partial charge < -0.3 is 14.2 Å². The number of Topliss-reactive ketones (excluding diaryl/α,β-unsaturated/α-hetero) is 1. The van der Waals surface area contributed by atoms with E-state index in [4.69, 9.17) is 14.2 Å². The molecule has 8 heteroatoms. The number of esters is 1. The number of nitrogens with zero attached hydrogens (tertiary/aromatic N) is 1. The molecule has 0 fully saturated rings. The molecule has 0 N–H and O–H groups in total. The summed E-state index contributed by atoms with van der Waals surface area (Å²) in [5.74, 6) is -1.59. The van der Waals surface area contributed by atoms with Gasteiger partial charge in [-0.25, -0.2) is 4.79 Å². The Morgan fingerprint density at radius 2 is 1.96 bits per heavy atom. The minimum Gasteiger partial charge on any atom is -0.462 e. The van der Waals surface area contributed by atoms with Crippen LogP contribution < -0.4 is 0 Å². The number of nitro groups is 1. The van der Waals surface area contributed by atoms with E-state index in [1.807, 2.05) is 0 Å². The van der Waals surface area contributed by atoms with Crippen molar-refractivity contribution in [2.24, 2.45) is 0 Å². The number of carbonyl (C=O) groups is 2. The predicted molar refractivity (Wildman–Crippen MR) is 80.5 cm³/mol. The number of ketones is 1. The van der Waals surface area contributed by atoms with Crippen LogP contribution in [0.15, 0.2) is 29.8 Å². The van der Waals surface area contributed by atoms with Crippen molar-refractivity contribution in [3.05, 3.63) is 45.5 Å². The van der Waals surface area contributed by atoms with Crippen molar-refractivity contribution in [1.29, 1.82) is 0 Å². The molecular formula is C15H17NO7. The van der Waals surface area contributed by atoms with E-state index in [-0.39, 0.29) is 17.9 Å². The van der Waals surface area contributed by atoms with Crippen LogP contribution in [0.25, 0.3) is 6.08 Å². The Morgan fingerprint density at radius 3 is 2.48 bits per heavy atom. The highest BCUT2D eigenvalue weighted by Crippen LogP contribution is 2.18. The van der Waals surface area contributed by atoms with Crippen molar-refractivity contribution in [1.82, 2.24) is 0 Å². The maximum Gasteiger partial charge on any atom is 0.341 e. The predicted octanol–water partition coefficient (Wildman–Crippen LogP) is 1.73. The molecule has 1 aromatic rings. The van der Waals surface area contributed by atoms with Crippen LogP contribution in [0.1, 0.15) is 12.5 Å². The third-order valence-electron chi connectivity index (χ3n) is 2.80. The number of rotatable bonds is 8. The first kappa shape index (κ1) is 18.5. The van der Waals surface area contributed by atoms with Gasteiger partial charge in [0.25, 0.3) is 5.69 Å². The Bertz CT molecular complexity index is 620. The van der Waals surface area contributed by atoms with E-state index in [0.717, 1.165) is 0 Å². The Morgan fingerprint density at radius 1 is 1.30 bits per heavy atom. The van der Waals surface area contributed by atoms with Crippen molar-refractivity contribution in [2.75, 3.05) is 20.8 Å². The molecule has 23 heavy (non-hydrogen) atoms. The standard InChI is InChI=1S/C15H17NO7/c1-4-23-14(18)12(13(17)15(21-2)22-3)9-10-6-5-7-11(8-10)16(19)20/h5-9,15H,4H2,1-3H3. The summed E-state index contributed by atoms with van der Waals surface area (Å²) in [6.07, 6.45) is -0.0670. The van der Waals surface area contributed by atoms with E-state index in [1.165, 1.54) is 44.6 Å². The Hall–Kier alpha value is -2.58. The summed E-state index contributed by atoms with van der Waals surface area (Å²) in [6.45, 7) is 1.67. The molecule has 0 saturated carbocycles. The molecule has 0 unspecified atom stereocenters. The maximum atomic E-state index is 12.3. The minimum atomic E-state index is -1.27. The lowest BCUT2D eigenvalue weighted by Gasteiger charge is -2.13. The molecule has 0 amide bonds. The van der Waals surface area contributed by atoms with Gasteiger partial charge in [-0.2, -0.15) is 0 Å². The number of hydrogen-bond donors (Lipinski definition) is 0. The number of ether oxygens (including phenoxy) is 3. The van der Waals surface area contributed by atoms with E-state index in [0.29, 0.717) is 5.56 Å². The zero-order valence-corrected chi connectivity index (χ0v) is 13.0. The third-order valence-corrected chi connectivity index (χ3v) is 2.80. The summed E-state index contributed by atoms with van der Waals surface area (Å²) in [7, 11) is 2.50. The van der Waals surface area contributed by atoms with Gasteiger partial charge in [-0.3, -0.25) is 14.9 Å². The summed E-state index contributed by atoms with van der Waals surface area (Å²) < 4.78 is 14.5. The monoisotopic (exact) mass is 323 g/mol. The van der Waals surface area contributed by atoms with Gasteiger partial charge in [0.2, 0.25) is 12.1 Å². The number of non-ortho nitro benzene ring substituents is 1. The molecule has 0 spiro atoms. The molecule has 8 nitrogen and oxygen atoms in total. The largest absolute Gasteiger partial charge is 0.462 e. The lowest BCUT2D eigenvalue weighted by atomic mass is 10.1. The van der Waals surface area contributed by atoms with Gasteiger partial charge in [0.15, 0.2) is 0 Å². The van der Waals surface area contributed by atoms with Crippen molar-refractivity contribution < 1.29 is 28.7 Å². The first-order valence-corrected chi connectivity index (χ1v) is 6.67. The van der Waals surface area contributed by atoms with E-state index in [9.17, 15) is 19.7 Å². The summed E-state index contributed by atoms with van der Waals surface area (Å²) in [6, 6.07) is 5.51. The van der Waals surface area contributed by atoms with Crippen LogP contribution in [-0.4, -0.2) is 43.8 Å². The zero-order valence-electron chi connectivity index (χ0n) is 13.0. The SMILES string of the molecule is CCOC(=O)C(=Cc1cccc([N+](=O)[O-])c1)C(=O)C(OC)OC. The molecule has 0 radical (unpaired) electrons. The van der Waals surface area contributed by atoms with Crippen molar-refractivity contribution >= 4 is 23.5 Å². The van der Waals surface area contributed by atoms with Gasteiger partial charge in [-0.05, 0) is 18.6 Å². The second kappa shape index (κ2) is 8.76. The molecule has 0 saturated heterocycles. The van der Waals surface area contributed by atoms with Crippen LogP contribution in [0.4, 0.5) is 5.69 Å². The fourth-order valence-electron chi connectivity index (χ4n) is 1.77. The highest BCUT2D eigenvalue weighted by molar-refractivity contribution is 6.21. The summed E-state index contributed by atoms with van der Waals surface area (Å²) >= 11 is 0. The molecule has 0 aliphatic heterocycles. The third kappa shape index (κ3) is 4.97. The van der Waals surface area contributed by atoms with Crippen LogP contribution in [0, 0.1) is 10.1 Å². The van der Waals surface area contributed by atoms with Crippen LogP contribution >= 0.6 is 0 Å². The van der Waals surface area contributed by atoms with Crippen LogP contribution in [0.5, 0.6) is 0 Å². The first-order chi connectivity index (χ1) is 10.9. The molecular weight excluding hydrogens is 306 g/mol. The second-order valence-corrected chi connectivity index (χ2v) is 4.30. The molecule has 0 heterocycles. The molecule has 1 rings (SSSR count). The van der Waals surface area contributed by atoms with Crippen molar-refractivity contribution in [2.45, 2.75) is 13.2 Å². The van der Waals surface area contributed by atoms with E-state index < -0.39 is 23.0 Å². The number of nitro benzene ring substituents is 1. The van der Waals surface area contributed by atoms with E-state index >= 15 is 0 Å². The highest BCUT2D eigenvalue weighted by Gasteiger charge is 2.27. The average molecular weight is 323 g/mol. The molecule has 0 aliphatic carbocycles. The van der Waals surface area contributed by atoms with Gasteiger partial charge in [-0.15, -0.1) is 0 Å². The second-order valence-electron chi connectivity index (χ2n) is 4.30. The van der Waals surface area contributed by atoms with Crippen molar-refractivity contribution in [3.8, 4) is 0 Å². The Labute approximate surface area is 132 Å². The van der Waals surface area contributed by atoms with Crippen LogP contribution in [0.3, 0.4) is 0 Å². The van der Waals surface area contributed by atoms with Gasteiger partial charge >= 0.3 is 5.97 Å². The molecule has 1 aromatic carbocycles.